The van der Waals surface area contributed by atoms with Crippen molar-refractivity contribution in [2.24, 2.45) is 5.92 Å². The maximum Gasteiger partial charge on any atom is 0.237 e. The van der Waals surface area contributed by atoms with Crippen LogP contribution in [-0.4, -0.2) is 37.6 Å². The molecule has 2 fully saturated rings. The number of nitrogens with zero attached hydrogens (tertiary/aromatic N) is 1. The van der Waals surface area contributed by atoms with Gasteiger partial charge in [-0.1, -0.05) is 18.2 Å². The van der Waals surface area contributed by atoms with Gasteiger partial charge in [-0.2, -0.15) is 0 Å². The van der Waals surface area contributed by atoms with Gasteiger partial charge in [0.05, 0.1) is 5.25 Å². The number of nitrogens with one attached hydrogen (secondary N) is 1. The molecule has 1 aromatic rings. The predicted octanol–water partition coefficient (Wildman–Crippen LogP) is 1.83. The van der Waals surface area contributed by atoms with Gasteiger partial charge in [0.1, 0.15) is 0 Å². The van der Waals surface area contributed by atoms with Crippen LogP contribution in [0.25, 0.3) is 0 Å². The number of hydrogen-bond acceptors (Lipinski definition) is 3. The summed E-state index contributed by atoms with van der Waals surface area (Å²) in [5, 5.41) is -0.519. The molecule has 114 valence electrons. The van der Waals surface area contributed by atoms with E-state index in [9.17, 15) is 13.2 Å². The van der Waals surface area contributed by atoms with Gasteiger partial charge < -0.3 is 4.90 Å². The topological polar surface area (TPSA) is 66.5 Å². The first-order chi connectivity index (χ1) is 10.1. The third-order valence-electron chi connectivity index (χ3n) is 4.09. The Hall–Kier alpha value is -1.56. The van der Waals surface area contributed by atoms with Gasteiger partial charge in [-0.25, -0.2) is 8.42 Å². The summed E-state index contributed by atoms with van der Waals surface area (Å²) in [5.41, 5.74) is 0.572. The summed E-state index contributed by atoms with van der Waals surface area (Å²) >= 11 is 0. The van der Waals surface area contributed by atoms with Crippen molar-refractivity contribution in [2.75, 3.05) is 17.8 Å². The Morgan fingerprint density at radius 2 is 1.86 bits per heavy atom. The number of hydrogen-bond donors (Lipinski definition) is 1. The van der Waals surface area contributed by atoms with Gasteiger partial charge in [0.2, 0.25) is 15.9 Å². The lowest BCUT2D eigenvalue weighted by atomic mass is 10.1. The molecule has 1 saturated carbocycles. The zero-order chi connectivity index (χ0) is 14.9. The first-order valence-electron chi connectivity index (χ1n) is 7.42. The van der Waals surface area contributed by atoms with Gasteiger partial charge in [0, 0.05) is 24.7 Å². The van der Waals surface area contributed by atoms with E-state index in [0.717, 1.165) is 19.3 Å². The third kappa shape index (κ3) is 3.37. The van der Waals surface area contributed by atoms with Crippen molar-refractivity contribution in [2.45, 2.75) is 30.9 Å². The number of sulfonamides is 1. The van der Waals surface area contributed by atoms with Crippen LogP contribution in [0.2, 0.25) is 0 Å². The van der Waals surface area contributed by atoms with Gasteiger partial charge in [-0.15, -0.1) is 0 Å². The molecule has 21 heavy (non-hydrogen) atoms. The molecule has 1 N–H and O–H groups in total. The minimum Gasteiger partial charge on any atom is -0.341 e. The van der Waals surface area contributed by atoms with Crippen molar-refractivity contribution >= 4 is 21.6 Å². The fraction of sp³-hybridized carbons (Fsp3) is 0.533. The molecule has 3 rings (SSSR count). The lowest BCUT2D eigenvalue weighted by Gasteiger charge is -2.32. The molecule has 1 amide bonds. The molecule has 1 heterocycles. The summed E-state index contributed by atoms with van der Waals surface area (Å²) in [5.74, 6) is 0.281. The Balaban J connectivity index is 1.68. The second-order valence-electron chi connectivity index (χ2n) is 5.84. The summed E-state index contributed by atoms with van der Waals surface area (Å²) in [6.45, 7) is 1.00. The zero-order valence-electron chi connectivity index (χ0n) is 11.9. The monoisotopic (exact) mass is 308 g/mol. The SMILES string of the molecule is O=C(C1CC1)N1CCC[C@H](S(=O)(=O)Nc2ccccc2)C1. The molecular weight excluding hydrogens is 288 g/mol. The van der Waals surface area contributed by atoms with Gasteiger partial charge in [-0.05, 0) is 37.8 Å². The number of rotatable bonds is 4. The molecule has 1 aromatic carbocycles. The minimum atomic E-state index is -3.45. The summed E-state index contributed by atoms with van der Waals surface area (Å²) < 4.78 is 27.5. The van der Waals surface area contributed by atoms with E-state index in [0.29, 0.717) is 25.2 Å². The van der Waals surface area contributed by atoms with Crippen LogP contribution in [0.5, 0.6) is 0 Å². The normalized spacial score (nSPS) is 22.9. The molecule has 0 aromatic heterocycles. The molecule has 0 spiro atoms. The van der Waals surface area contributed by atoms with Crippen LogP contribution in [0.3, 0.4) is 0 Å². The molecule has 0 unspecified atom stereocenters. The first kappa shape index (κ1) is 14.4. The molecule has 1 saturated heterocycles. The van der Waals surface area contributed by atoms with Crippen LogP contribution in [0, 0.1) is 5.92 Å². The highest BCUT2D eigenvalue weighted by Crippen LogP contribution is 2.32. The van der Waals surface area contributed by atoms with Crippen molar-refractivity contribution in [3.8, 4) is 0 Å². The maximum absolute atomic E-state index is 12.5. The van der Waals surface area contributed by atoms with Crippen LogP contribution in [0.1, 0.15) is 25.7 Å². The van der Waals surface area contributed by atoms with Crippen LogP contribution in [0.4, 0.5) is 5.69 Å². The number of carbonyl (C=O) groups is 1. The smallest absolute Gasteiger partial charge is 0.237 e. The number of carbonyl (C=O) groups excluding carboxylic acids is 1. The first-order valence-corrected chi connectivity index (χ1v) is 8.96. The highest BCUT2D eigenvalue weighted by molar-refractivity contribution is 7.93. The lowest BCUT2D eigenvalue weighted by molar-refractivity contribution is -0.133. The van der Waals surface area contributed by atoms with E-state index in [1.165, 1.54) is 0 Å². The molecule has 0 radical (unpaired) electrons. The summed E-state index contributed by atoms with van der Waals surface area (Å²) in [4.78, 5) is 13.8. The number of benzene rings is 1. The maximum atomic E-state index is 12.5. The van der Waals surface area contributed by atoms with Crippen molar-refractivity contribution in [1.29, 1.82) is 0 Å². The van der Waals surface area contributed by atoms with E-state index in [1.54, 1.807) is 29.2 Å². The predicted molar refractivity (Wildman–Crippen MR) is 81.3 cm³/mol. The van der Waals surface area contributed by atoms with E-state index in [4.69, 9.17) is 0 Å². The molecule has 5 nitrogen and oxygen atoms in total. The van der Waals surface area contributed by atoms with Crippen LogP contribution >= 0.6 is 0 Å². The molecule has 6 heteroatoms. The molecule has 0 bridgehead atoms. The fourth-order valence-corrected chi connectivity index (χ4v) is 4.22. The van der Waals surface area contributed by atoms with E-state index < -0.39 is 15.3 Å². The van der Waals surface area contributed by atoms with E-state index in [1.807, 2.05) is 6.07 Å². The molecule has 1 aliphatic carbocycles. The number of amides is 1. The zero-order valence-corrected chi connectivity index (χ0v) is 12.7. The summed E-state index contributed by atoms with van der Waals surface area (Å²) in [6, 6.07) is 8.89. The minimum absolute atomic E-state index is 0.134. The highest BCUT2D eigenvalue weighted by atomic mass is 32.2. The third-order valence-corrected chi connectivity index (χ3v) is 5.87. The number of anilines is 1. The average molecular weight is 308 g/mol. The van der Waals surface area contributed by atoms with Crippen molar-refractivity contribution in [3.05, 3.63) is 30.3 Å². The Morgan fingerprint density at radius 3 is 2.52 bits per heavy atom. The largest absolute Gasteiger partial charge is 0.341 e. The van der Waals surface area contributed by atoms with E-state index in [2.05, 4.69) is 4.72 Å². The standard InChI is InChI=1S/C15H20N2O3S/c18-15(12-8-9-12)17-10-4-7-14(11-17)21(19,20)16-13-5-2-1-3-6-13/h1-3,5-6,12,14,16H,4,7-11H2/t14-/m0/s1. The number of para-hydroxylation sites is 1. The molecular formula is C15H20N2O3S. The van der Waals surface area contributed by atoms with Gasteiger partial charge in [0.15, 0.2) is 0 Å². The quantitative estimate of drug-likeness (QED) is 0.923. The summed E-state index contributed by atoms with van der Waals surface area (Å²) in [7, 11) is -3.45. The van der Waals surface area contributed by atoms with Crippen molar-refractivity contribution in [1.82, 2.24) is 4.90 Å². The lowest BCUT2D eigenvalue weighted by Crippen LogP contribution is -2.47. The number of likely N-dealkylation sites (tertiary alicyclic amines) is 1. The average Bonchev–Trinajstić information content (AvgIpc) is 3.32. The van der Waals surface area contributed by atoms with Crippen molar-refractivity contribution < 1.29 is 13.2 Å². The van der Waals surface area contributed by atoms with Crippen LogP contribution in [0.15, 0.2) is 30.3 Å². The fourth-order valence-electron chi connectivity index (χ4n) is 2.73. The Kier molecular flexibility index (Phi) is 3.89. The van der Waals surface area contributed by atoms with Gasteiger partial charge >= 0.3 is 0 Å². The van der Waals surface area contributed by atoms with Crippen LogP contribution < -0.4 is 4.72 Å². The Labute approximate surface area is 125 Å². The molecule has 2 aliphatic rings. The highest BCUT2D eigenvalue weighted by Gasteiger charge is 2.38. The Bertz CT molecular complexity index is 611. The Morgan fingerprint density at radius 1 is 1.14 bits per heavy atom. The van der Waals surface area contributed by atoms with Gasteiger partial charge in [0.25, 0.3) is 0 Å². The molecule has 1 aliphatic heterocycles. The van der Waals surface area contributed by atoms with Crippen LogP contribution in [-0.2, 0) is 14.8 Å². The van der Waals surface area contributed by atoms with E-state index >= 15 is 0 Å². The second-order valence-corrected chi connectivity index (χ2v) is 7.80. The van der Waals surface area contributed by atoms with E-state index in [-0.39, 0.29) is 11.8 Å². The summed E-state index contributed by atoms with van der Waals surface area (Å²) in [6.07, 6.45) is 3.26. The van der Waals surface area contributed by atoms with Gasteiger partial charge in [-0.3, -0.25) is 9.52 Å². The van der Waals surface area contributed by atoms with Crippen molar-refractivity contribution in [3.63, 3.8) is 0 Å². The molecule has 1 atom stereocenters. The number of piperidine rings is 1. The second kappa shape index (κ2) is 5.67.